The van der Waals surface area contributed by atoms with Crippen molar-refractivity contribution in [3.05, 3.63) is 112 Å². The van der Waals surface area contributed by atoms with Crippen LogP contribution in [0.4, 0.5) is 0 Å². The van der Waals surface area contributed by atoms with Gasteiger partial charge in [0.2, 0.25) is 0 Å². The van der Waals surface area contributed by atoms with Crippen molar-refractivity contribution in [2.45, 2.75) is 26.9 Å². The van der Waals surface area contributed by atoms with E-state index < -0.39 is 0 Å². The molecule has 0 unspecified atom stereocenters. The summed E-state index contributed by atoms with van der Waals surface area (Å²) in [4.78, 5) is 34.3. The van der Waals surface area contributed by atoms with Crippen LogP contribution in [0.15, 0.2) is 78.2 Å². The van der Waals surface area contributed by atoms with E-state index in [0.29, 0.717) is 18.7 Å². The molecule has 1 amide bonds. The lowest BCUT2D eigenvalue weighted by atomic mass is 10.1. The number of pyridine rings is 2. The van der Waals surface area contributed by atoms with Crippen LogP contribution in [0.5, 0.6) is 0 Å². The quantitative estimate of drug-likeness (QED) is 0.527. The maximum atomic E-state index is 13.0. The molecule has 0 fully saturated rings. The van der Waals surface area contributed by atoms with Crippen molar-refractivity contribution in [3.8, 4) is 5.69 Å². The number of aryl methyl sites for hydroxylation is 2. The molecular formula is C24H23N5O2. The Bertz CT molecular complexity index is 1270. The summed E-state index contributed by atoms with van der Waals surface area (Å²) in [5, 5.41) is 2.91. The predicted octanol–water partition coefficient (Wildman–Crippen LogP) is 3.02. The molecule has 0 aliphatic rings. The third-order valence-corrected chi connectivity index (χ3v) is 5.19. The molecule has 4 aromatic rings. The van der Waals surface area contributed by atoms with E-state index in [-0.39, 0.29) is 17.0 Å². The summed E-state index contributed by atoms with van der Waals surface area (Å²) < 4.78 is 3.50. The molecule has 156 valence electrons. The van der Waals surface area contributed by atoms with Gasteiger partial charge in [0.05, 0.1) is 12.2 Å². The number of carbonyl (C=O) groups is 1. The van der Waals surface area contributed by atoms with Gasteiger partial charge in [0.15, 0.2) is 0 Å². The van der Waals surface area contributed by atoms with Gasteiger partial charge in [-0.1, -0.05) is 24.3 Å². The van der Waals surface area contributed by atoms with Crippen molar-refractivity contribution >= 4 is 5.91 Å². The third kappa shape index (κ3) is 4.30. The van der Waals surface area contributed by atoms with Crippen molar-refractivity contribution in [1.29, 1.82) is 0 Å². The van der Waals surface area contributed by atoms with E-state index in [1.54, 1.807) is 37.8 Å². The average Bonchev–Trinajstić information content (AvgIpc) is 3.21. The molecule has 31 heavy (non-hydrogen) atoms. The summed E-state index contributed by atoms with van der Waals surface area (Å²) in [6.45, 7) is 4.35. The van der Waals surface area contributed by atoms with E-state index in [4.69, 9.17) is 0 Å². The molecule has 7 nitrogen and oxygen atoms in total. The Morgan fingerprint density at radius 3 is 2.61 bits per heavy atom. The van der Waals surface area contributed by atoms with Gasteiger partial charge in [-0.25, -0.2) is 4.98 Å². The lowest BCUT2D eigenvalue weighted by Crippen LogP contribution is -2.34. The minimum absolute atomic E-state index is 0.155. The Kier molecular flexibility index (Phi) is 5.75. The molecule has 0 radical (unpaired) electrons. The number of carbonyl (C=O) groups excluding carboxylic acids is 1. The molecule has 1 N–H and O–H groups in total. The van der Waals surface area contributed by atoms with Crippen molar-refractivity contribution < 1.29 is 4.79 Å². The number of imidazole rings is 1. The number of aromatic nitrogens is 4. The number of amides is 1. The lowest BCUT2D eigenvalue weighted by molar-refractivity contribution is 0.0948. The molecule has 0 atom stereocenters. The Labute approximate surface area is 180 Å². The van der Waals surface area contributed by atoms with Crippen LogP contribution >= 0.6 is 0 Å². The van der Waals surface area contributed by atoms with Gasteiger partial charge in [-0.05, 0) is 48.7 Å². The van der Waals surface area contributed by atoms with Gasteiger partial charge in [-0.3, -0.25) is 14.6 Å². The van der Waals surface area contributed by atoms with Gasteiger partial charge in [-0.2, -0.15) is 0 Å². The average molecular weight is 413 g/mol. The van der Waals surface area contributed by atoms with Crippen LogP contribution in [0.25, 0.3) is 5.69 Å². The molecule has 0 bridgehead atoms. The maximum absolute atomic E-state index is 13.0. The van der Waals surface area contributed by atoms with Gasteiger partial charge in [0.1, 0.15) is 11.4 Å². The van der Waals surface area contributed by atoms with Gasteiger partial charge < -0.3 is 14.5 Å². The molecule has 1 aromatic carbocycles. The highest BCUT2D eigenvalue weighted by Crippen LogP contribution is 2.16. The second-order valence-electron chi connectivity index (χ2n) is 7.32. The molecule has 0 saturated carbocycles. The van der Waals surface area contributed by atoms with Crippen LogP contribution in [0.2, 0.25) is 0 Å². The van der Waals surface area contributed by atoms with E-state index in [1.165, 1.54) is 4.57 Å². The Morgan fingerprint density at radius 2 is 1.87 bits per heavy atom. The predicted molar refractivity (Wildman–Crippen MR) is 118 cm³/mol. The number of rotatable bonds is 6. The maximum Gasteiger partial charge on any atom is 0.263 e. The molecule has 3 aromatic heterocycles. The third-order valence-electron chi connectivity index (χ3n) is 5.19. The zero-order valence-electron chi connectivity index (χ0n) is 17.4. The van der Waals surface area contributed by atoms with Gasteiger partial charge >= 0.3 is 0 Å². The number of nitrogens with zero attached hydrogens (tertiary/aromatic N) is 4. The zero-order valence-corrected chi connectivity index (χ0v) is 17.4. The fourth-order valence-corrected chi connectivity index (χ4v) is 3.55. The van der Waals surface area contributed by atoms with E-state index in [1.807, 2.05) is 54.1 Å². The number of hydrogen-bond donors (Lipinski definition) is 1. The van der Waals surface area contributed by atoms with Crippen molar-refractivity contribution in [2.24, 2.45) is 0 Å². The highest BCUT2D eigenvalue weighted by molar-refractivity contribution is 5.95. The van der Waals surface area contributed by atoms with Crippen LogP contribution in [0.3, 0.4) is 0 Å². The number of para-hydroxylation sites is 1. The molecule has 0 aliphatic carbocycles. The van der Waals surface area contributed by atoms with E-state index in [0.717, 1.165) is 22.6 Å². The fourth-order valence-electron chi connectivity index (χ4n) is 3.55. The number of nitrogens with one attached hydrogen (secondary N) is 1. The first-order chi connectivity index (χ1) is 15.0. The molecule has 4 rings (SSSR count). The summed E-state index contributed by atoms with van der Waals surface area (Å²) in [6.07, 6.45) is 8.72. The topological polar surface area (TPSA) is 81.8 Å². The summed E-state index contributed by atoms with van der Waals surface area (Å²) in [6, 6.07) is 13.3. The Balaban J connectivity index is 1.57. The van der Waals surface area contributed by atoms with E-state index >= 15 is 0 Å². The summed E-state index contributed by atoms with van der Waals surface area (Å²) in [5.41, 5.74) is 3.24. The highest BCUT2D eigenvalue weighted by Gasteiger charge is 2.16. The van der Waals surface area contributed by atoms with Crippen molar-refractivity contribution in [2.75, 3.05) is 0 Å². The second-order valence-corrected chi connectivity index (χ2v) is 7.32. The van der Waals surface area contributed by atoms with Crippen LogP contribution in [-0.2, 0) is 13.1 Å². The summed E-state index contributed by atoms with van der Waals surface area (Å²) >= 11 is 0. The number of hydrogen-bond acceptors (Lipinski definition) is 4. The van der Waals surface area contributed by atoms with Gasteiger partial charge in [0.25, 0.3) is 11.5 Å². The van der Waals surface area contributed by atoms with Gasteiger partial charge in [0, 0.05) is 37.5 Å². The zero-order chi connectivity index (χ0) is 21.8. The first kappa shape index (κ1) is 20.3. The fraction of sp³-hybridized carbons (Fsp3) is 0.167. The van der Waals surface area contributed by atoms with Crippen molar-refractivity contribution in [1.82, 2.24) is 24.4 Å². The minimum Gasteiger partial charge on any atom is -0.348 e. The Hall–Kier alpha value is -4.00. The van der Waals surface area contributed by atoms with E-state index in [9.17, 15) is 9.59 Å². The van der Waals surface area contributed by atoms with Crippen LogP contribution in [0.1, 0.15) is 32.9 Å². The summed E-state index contributed by atoms with van der Waals surface area (Å²) in [7, 11) is 0. The number of benzene rings is 1. The van der Waals surface area contributed by atoms with Crippen molar-refractivity contribution in [3.63, 3.8) is 0 Å². The van der Waals surface area contributed by atoms with Crippen LogP contribution in [0, 0.1) is 13.8 Å². The minimum atomic E-state index is -0.389. The molecule has 0 aliphatic heterocycles. The first-order valence-electron chi connectivity index (χ1n) is 10.00. The molecular weight excluding hydrogens is 390 g/mol. The standard InChI is InChI=1S/C24H23N5O2/c1-17-9-12-28(16-19-6-5-10-25-14-19)24(31)22(17)23(30)27-15-20-7-3-4-8-21(20)29-13-11-26-18(29)2/h3-14H,15-16H2,1-2H3,(H,27,30). The first-order valence-corrected chi connectivity index (χ1v) is 10.00. The largest absolute Gasteiger partial charge is 0.348 e. The molecule has 0 saturated heterocycles. The lowest BCUT2D eigenvalue weighted by Gasteiger charge is -2.14. The van der Waals surface area contributed by atoms with Crippen LogP contribution < -0.4 is 10.9 Å². The SMILES string of the molecule is Cc1ccn(Cc2cccnc2)c(=O)c1C(=O)NCc1ccccc1-n1ccnc1C. The van der Waals surface area contributed by atoms with Gasteiger partial charge in [-0.15, -0.1) is 0 Å². The Morgan fingerprint density at radius 1 is 1.03 bits per heavy atom. The smallest absolute Gasteiger partial charge is 0.263 e. The van der Waals surface area contributed by atoms with E-state index in [2.05, 4.69) is 15.3 Å². The van der Waals surface area contributed by atoms with Crippen LogP contribution in [-0.4, -0.2) is 25.0 Å². The molecule has 3 heterocycles. The molecule has 7 heteroatoms. The monoisotopic (exact) mass is 413 g/mol. The normalized spacial score (nSPS) is 10.8. The molecule has 0 spiro atoms. The second kappa shape index (κ2) is 8.79. The highest BCUT2D eigenvalue weighted by atomic mass is 16.2. The summed E-state index contributed by atoms with van der Waals surface area (Å²) in [5.74, 6) is 0.469.